The van der Waals surface area contributed by atoms with Gasteiger partial charge in [0.25, 0.3) is 7.82 Å². The van der Waals surface area contributed by atoms with Crippen LogP contribution in [-0.4, -0.2) is 62.2 Å². The van der Waals surface area contributed by atoms with E-state index in [1.165, 1.54) is 0 Å². The van der Waals surface area contributed by atoms with Crippen molar-refractivity contribution in [1.29, 1.82) is 0 Å². The molecule has 3 heterocycles. The zero-order valence-corrected chi connectivity index (χ0v) is 30.7. The van der Waals surface area contributed by atoms with Crippen LogP contribution in [0.1, 0.15) is 6.23 Å². The second-order valence-electron chi connectivity index (χ2n) is 6.14. The predicted octanol–water partition coefficient (Wildman–Crippen LogP) is -14.7. The Labute approximate surface area is 297 Å². The van der Waals surface area contributed by atoms with Gasteiger partial charge in [-0.25, -0.2) is 4.98 Å². The number of nitrogen functional groups attached to an aromatic ring is 1. The van der Waals surface area contributed by atoms with Crippen molar-refractivity contribution in [2.45, 2.75) is 24.5 Å². The average Bonchev–Trinajstić information content (AvgIpc) is 3.12. The molecule has 17 nitrogen and oxygen atoms in total. The van der Waals surface area contributed by atoms with E-state index >= 15 is 0 Å². The minimum absolute atomic E-state index is 0. The van der Waals surface area contributed by atoms with Gasteiger partial charge in [0.1, 0.15) is 23.8 Å². The number of aliphatic hydroxyl groups excluding tert-OH is 2. The van der Waals surface area contributed by atoms with Crippen molar-refractivity contribution in [3.8, 4) is 0 Å². The molecule has 4 N–H and O–H groups in total. The molecule has 1 fully saturated rings. The Hall–Kier alpha value is 3.03. The number of anilines is 1. The van der Waals surface area contributed by atoms with Gasteiger partial charge in [0.2, 0.25) is 5.28 Å². The number of aliphatic hydroxyl groups is 2. The molecule has 3 radical (unpaired) electrons. The van der Waals surface area contributed by atoms with E-state index in [-0.39, 0.29) is 140 Å². The molecule has 3 rings (SSSR count). The Bertz CT molecular complexity index is 1180. The summed E-state index contributed by atoms with van der Waals surface area (Å²) in [6.45, 7) is -0.917. The van der Waals surface area contributed by atoms with Gasteiger partial charge in [0, 0.05) is 0 Å². The van der Waals surface area contributed by atoms with Crippen LogP contribution < -0.4 is 139 Å². The van der Waals surface area contributed by atoms with Gasteiger partial charge in [-0.15, -0.1) is 0 Å². The number of aromatic nitrogens is 4. The van der Waals surface area contributed by atoms with Gasteiger partial charge >= 0.3 is 118 Å². The summed E-state index contributed by atoms with van der Waals surface area (Å²) in [5.74, 6) is -0.0714. The molecule has 0 spiro atoms. The topological polar surface area (TPSA) is 267 Å². The third-order valence-electron chi connectivity index (χ3n) is 3.87. The van der Waals surface area contributed by atoms with Crippen molar-refractivity contribution in [2.75, 3.05) is 12.3 Å². The van der Waals surface area contributed by atoms with Crippen LogP contribution in [0, 0.1) is 0 Å². The normalized spacial score (nSPS) is 24.9. The van der Waals surface area contributed by atoms with E-state index in [1.54, 1.807) is 0 Å². The van der Waals surface area contributed by atoms with E-state index < -0.39 is 54.3 Å². The molecule has 177 valence electrons. The van der Waals surface area contributed by atoms with Crippen molar-refractivity contribution in [2.24, 2.45) is 0 Å². The van der Waals surface area contributed by atoms with Gasteiger partial charge in [0.15, 0.2) is 17.7 Å². The van der Waals surface area contributed by atoms with Crippen molar-refractivity contribution in [3.63, 3.8) is 0 Å². The molecule has 1 aliphatic rings. The number of nitrogens with two attached hydrogens (primary N) is 1. The maximum Gasteiger partial charge on any atom is 1.00 e. The molecular formula is C10H11BClN5Na4O12P3. The number of phosphoric acid groups is 2. The molecule has 0 amide bonds. The molecule has 1 aliphatic heterocycles. The van der Waals surface area contributed by atoms with Crippen molar-refractivity contribution in [3.05, 3.63) is 11.6 Å². The van der Waals surface area contributed by atoms with Crippen LogP contribution in [0.4, 0.5) is 5.82 Å². The SMILES string of the molecule is [B-]P(=O)(OC[C@H]1O[C@@H](n2cnc3c(N)nc(Cl)nc32)[C@H](O)[C@@H]1O)OP(=O)([O-])OP(=O)([O-])[O-].[Na+].[Na+].[Na+].[Na+]. The Morgan fingerprint density at radius 3 is 2.25 bits per heavy atom. The predicted molar refractivity (Wildman–Crippen MR) is 97.4 cm³/mol. The zero-order chi connectivity index (χ0) is 24.1. The van der Waals surface area contributed by atoms with Gasteiger partial charge < -0.3 is 56.6 Å². The fourth-order valence-electron chi connectivity index (χ4n) is 2.67. The van der Waals surface area contributed by atoms with Crippen molar-refractivity contribution >= 4 is 59.3 Å². The third-order valence-corrected chi connectivity index (χ3v) is 7.85. The summed E-state index contributed by atoms with van der Waals surface area (Å²) in [6, 6.07) is 0. The fourth-order valence-corrected chi connectivity index (χ4v) is 5.87. The maximum absolute atomic E-state index is 11.9. The smallest absolute Gasteiger partial charge is 0.790 e. The molecule has 0 aliphatic carbocycles. The number of rotatable bonds is 8. The quantitative estimate of drug-likeness (QED) is 0.140. The van der Waals surface area contributed by atoms with E-state index in [4.69, 9.17) is 29.6 Å². The summed E-state index contributed by atoms with van der Waals surface area (Å²) in [4.78, 5) is 43.6. The van der Waals surface area contributed by atoms with E-state index in [0.29, 0.717) is 0 Å². The summed E-state index contributed by atoms with van der Waals surface area (Å²) < 4.78 is 51.6. The molecular weight excluding hydrogens is 613 g/mol. The summed E-state index contributed by atoms with van der Waals surface area (Å²) in [6.07, 6.45) is -4.96. The van der Waals surface area contributed by atoms with Gasteiger partial charge in [0.05, 0.1) is 28.2 Å². The molecule has 6 atom stereocenters. The summed E-state index contributed by atoms with van der Waals surface area (Å²) in [7, 11) is -12.1. The van der Waals surface area contributed by atoms with Crippen LogP contribution in [-0.2, 0) is 31.6 Å². The van der Waals surface area contributed by atoms with Crippen LogP contribution >= 0.6 is 34.7 Å². The molecule has 0 aromatic carbocycles. The van der Waals surface area contributed by atoms with Gasteiger partial charge in [-0.2, -0.15) is 9.97 Å². The monoisotopic (exact) mass is 624 g/mol. The molecule has 0 saturated carbocycles. The van der Waals surface area contributed by atoms with Crippen LogP contribution in [0.3, 0.4) is 0 Å². The Kier molecular flexibility index (Phi) is 18.3. The number of imidazole rings is 1. The van der Waals surface area contributed by atoms with Crippen LogP contribution in [0.5, 0.6) is 0 Å². The fraction of sp³-hybridized carbons (Fsp3) is 0.500. The molecule has 36 heavy (non-hydrogen) atoms. The molecule has 2 aromatic rings. The van der Waals surface area contributed by atoms with Crippen LogP contribution in [0.25, 0.3) is 11.2 Å². The summed E-state index contributed by atoms with van der Waals surface area (Å²) in [5, 5.41) is 20.3. The van der Waals surface area contributed by atoms with Crippen molar-refractivity contribution < 1.29 is 175 Å². The first-order chi connectivity index (χ1) is 14.6. The zero-order valence-electron chi connectivity index (χ0n) is 19.2. The Balaban J connectivity index is 0. The first-order valence-corrected chi connectivity index (χ1v) is 13.0. The first kappa shape index (κ1) is 41.2. The first-order valence-electron chi connectivity index (χ1n) is 8.05. The minimum Gasteiger partial charge on any atom is -0.790 e. The maximum atomic E-state index is 11.9. The Morgan fingerprint density at radius 1 is 1.11 bits per heavy atom. The summed E-state index contributed by atoms with van der Waals surface area (Å²) in [5.41, 5.74) is 5.83. The van der Waals surface area contributed by atoms with Crippen molar-refractivity contribution in [1.82, 2.24) is 19.5 Å². The van der Waals surface area contributed by atoms with Crippen LogP contribution in [0.15, 0.2) is 6.33 Å². The van der Waals surface area contributed by atoms with E-state index in [1.807, 2.05) is 0 Å². The second kappa shape index (κ2) is 16.0. The summed E-state index contributed by atoms with van der Waals surface area (Å²) >= 11 is 5.76. The number of fused-ring (bicyclic) bond motifs is 1. The standard InChI is InChI=1S/C10H14BClN5O12P3.4Na/c11-30(20,28-32(24,25)29-31(21,22)23)26-1-3-5(18)6(19)9(27-3)17-2-14-4-7(13)15-10(12)16-8(4)17;;;;/h2-3,5-6,9,18-19H,1H2,(H,24,25)(H2,13,15,16)(H2,21,22,23);;;;/q-1;4*+1/p-3/t3-,5-,6-,9-,30?;;;;/m1..../s1. The Morgan fingerprint density at radius 2 is 1.69 bits per heavy atom. The molecule has 2 unspecified atom stereocenters. The number of ether oxygens (including phenoxy) is 1. The van der Waals surface area contributed by atoms with E-state index in [9.17, 15) is 38.6 Å². The number of hydrogen-bond donors (Lipinski definition) is 3. The molecule has 1 saturated heterocycles. The second-order valence-corrected chi connectivity index (χ2v) is 10.9. The van der Waals surface area contributed by atoms with Gasteiger partial charge in [-0.05, 0) is 11.6 Å². The number of hydrogen-bond acceptors (Lipinski definition) is 16. The third kappa shape index (κ3) is 11.0. The van der Waals surface area contributed by atoms with E-state index in [2.05, 4.69) is 28.1 Å². The van der Waals surface area contributed by atoms with Gasteiger partial charge in [-0.3, -0.25) is 17.8 Å². The molecule has 2 aromatic heterocycles. The molecule has 26 heteroatoms. The van der Waals surface area contributed by atoms with Crippen LogP contribution in [0.2, 0.25) is 5.28 Å². The minimum atomic E-state index is -6.06. The van der Waals surface area contributed by atoms with E-state index in [0.717, 1.165) is 10.9 Å². The van der Waals surface area contributed by atoms with Gasteiger partial charge in [-0.1, -0.05) is 0 Å². The molecule has 0 bridgehead atoms. The number of halogens is 1. The average molecular weight is 624 g/mol. The largest absolute Gasteiger partial charge is 1.00 e. The number of nitrogens with zero attached hydrogens (tertiary/aromatic N) is 4.